The van der Waals surface area contributed by atoms with Crippen molar-refractivity contribution in [1.82, 2.24) is 0 Å². The van der Waals surface area contributed by atoms with Crippen LogP contribution in [-0.4, -0.2) is 42.9 Å². The van der Waals surface area contributed by atoms with Gasteiger partial charge in [0, 0.05) is 12.8 Å². The van der Waals surface area contributed by atoms with E-state index in [0.717, 1.165) is 12.8 Å². The second kappa shape index (κ2) is 11.9. The van der Waals surface area contributed by atoms with Gasteiger partial charge in [-0.05, 0) is 12.8 Å². The molecule has 0 saturated carbocycles. The molecule has 21 heavy (non-hydrogen) atoms. The third-order valence-corrected chi connectivity index (χ3v) is 2.45. The number of ether oxygens (including phenoxy) is 2. The fraction of sp³-hybridized carbons (Fsp3) is 0.833. The van der Waals surface area contributed by atoms with E-state index in [1.807, 2.05) is 6.92 Å². The van der Waals surface area contributed by atoms with E-state index in [4.69, 9.17) is 15.2 Å². The van der Waals surface area contributed by atoms with Crippen LogP contribution < -0.4 is 5.73 Å². The summed E-state index contributed by atoms with van der Waals surface area (Å²) in [5.41, 5.74) is 5.58. The molecule has 122 valence electrons. The third kappa shape index (κ3) is 11.6. The Bertz CT molecular complexity index is 336. The highest BCUT2D eigenvalue weighted by atomic mass is 16.9. The summed E-state index contributed by atoms with van der Waals surface area (Å²) < 4.78 is 9.72. The zero-order chi connectivity index (χ0) is 16.1. The summed E-state index contributed by atoms with van der Waals surface area (Å²) in [6.45, 7) is 2.18. The van der Waals surface area contributed by atoms with Gasteiger partial charge in [-0.15, -0.1) is 10.1 Å². The normalized spacial score (nSPS) is 11.5. The van der Waals surface area contributed by atoms with Crippen molar-refractivity contribution >= 4 is 11.9 Å². The predicted molar refractivity (Wildman–Crippen MR) is 71.6 cm³/mol. The van der Waals surface area contributed by atoms with Crippen molar-refractivity contribution in [3.8, 4) is 0 Å². The second-order valence-electron chi connectivity index (χ2n) is 4.30. The first kappa shape index (κ1) is 19.1. The van der Waals surface area contributed by atoms with Gasteiger partial charge in [0.05, 0.1) is 19.8 Å². The molecule has 0 aromatic rings. The largest absolute Gasteiger partial charge is 0.466 e. The van der Waals surface area contributed by atoms with Crippen LogP contribution >= 0.6 is 0 Å². The highest BCUT2D eigenvalue weighted by Gasteiger charge is 2.16. The fourth-order valence-electron chi connectivity index (χ4n) is 1.27. The molecular weight excluding hydrogens is 284 g/mol. The summed E-state index contributed by atoms with van der Waals surface area (Å²) in [6, 6.07) is -0.854. The number of hydrogen-bond donors (Lipinski definition) is 1. The Morgan fingerprint density at radius 1 is 1.19 bits per heavy atom. The van der Waals surface area contributed by atoms with Crippen molar-refractivity contribution in [2.24, 2.45) is 5.73 Å². The molecule has 0 rings (SSSR count). The van der Waals surface area contributed by atoms with Gasteiger partial charge >= 0.3 is 11.9 Å². The molecule has 0 amide bonds. The summed E-state index contributed by atoms with van der Waals surface area (Å²) in [7, 11) is 0. The van der Waals surface area contributed by atoms with E-state index in [0.29, 0.717) is 6.61 Å². The minimum Gasteiger partial charge on any atom is -0.466 e. The molecule has 1 atom stereocenters. The number of esters is 2. The highest BCUT2D eigenvalue weighted by molar-refractivity contribution is 5.77. The number of carbonyl (C=O) groups excluding carboxylic acids is 2. The summed E-state index contributed by atoms with van der Waals surface area (Å²) in [6.07, 6.45) is 2.02. The van der Waals surface area contributed by atoms with E-state index < -0.39 is 23.1 Å². The second-order valence-corrected chi connectivity index (χ2v) is 4.30. The molecule has 0 bridgehead atoms. The molecule has 0 aromatic heterocycles. The van der Waals surface area contributed by atoms with Crippen LogP contribution in [-0.2, 0) is 23.9 Å². The number of nitrogens with two attached hydrogens (primary N) is 1. The lowest BCUT2D eigenvalue weighted by Gasteiger charge is -2.11. The number of hydrogen-bond acceptors (Lipinski definition) is 8. The van der Waals surface area contributed by atoms with Crippen LogP contribution in [0.15, 0.2) is 0 Å². The average molecular weight is 306 g/mol. The minimum atomic E-state index is -0.912. The van der Waals surface area contributed by atoms with Gasteiger partial charge in [-0.25, -0.2) is 0 Å². The Balaban J connectivity index is 3.62. The Kier molecular flexibility index (Phi) is 10.8. The van der Waals surface area contributed by atoms with E-state index in [2.05, 4.69) is 4.84 Å². The molecular formula is C12H22N2O7. The standard InChI is InChI=1S/C12H22N2O7/c1-2-3-7-20-12(16)10(13)5-6-11(15)19-8-4-9-21-14(17)18/h10H,2-9,13H2,1H3. The molecule has 0 aliphatic rings. The van der Waals surface area contributed by atoms with Crippen LogP contribution in [0, 0.1) is 10.1 Å². The van der Waals surface area contributed by atoms with Gasteiger partial charge in [0.1, 0.15) is 6.04 Å². The van der Waals surface area contributed by atoms with Gasteiger partial charge in [-0.3, -0.25) is 9.59 Å². The zero-order valence-electron chi connectivity index (χ0n) is 12.1. The maximum Gasteiger partial charge on any atom is 0.322 e. The molecule has 1 unspecified atom stereocenters. The average Bonchev–Trinajstić information content (AvgIpc) is 2.44. The Morgan fingerprint density at radius 2 is 1.86 bits per heavy atom. The molecule has 0 aliphatic heterocycles. The maximum atomic E-state index is 11.4. The van der Waals surface area contributed by atoms with E-state index in [-0.39, 0.29) is 32.5 Å². The smallest absolute Gasteiger partial charge is 0.322 e. The molecule has 0 aliphatic carbocycles. The third-order valence-electron chi connectivity index (χ3n) is 2.45. The molecule has 2 N–H and O–H groups in total. The van der Waals surface area contributed by atoms with Crippen molar-refractivity contribution in [1.29, 1.82) is 0 Å². The summed E-state index contributed by atoms with van der Waals surface area (Å²) in [5.74, 6) is -1.05. The molecule has 0 heterocycles. The monoisotopic (exact) mass is 306 g/mol. The van der Waals surface area contributed by atoms with E-state index in [9.17, 15) is 19.7 Å². The lowest BCUT2D eigenvalue weighted by molar-refractivity contribution is -0.757. The van der Waals surface area contributed by atoms with E-state index in [1.54, 1.807) is 0 Å². The first-order valence-corrected chi connectivity index (χ1v) is 6.82. The van der Waals surface area contributed by atoms with E-state index in [1.165, 1.54) is 0 Å². The van der Waals surface area contributed by atoms with Crippen LogP contribution in [0.2, 0.25) is 0 Å². The van der Waals surface area contributed by atoms with Gasteiger partial charge < -0.3 is 20.0 Å². The molecule has 0 fully saturated rings. The number of unbranched alkanes of at least 4 members (excludes halogenated alkanes) is 1. The van der Waals surface area contributed by atoms with Crippen molar-refractivity contribution < 1.29 is 29.0 Å². The number of rotatable bonds is 12. The topological polar surface area (TPSA) is 131 Å². The Morgan fingerprint density at radius 3 is 2.48 bits per heavy atom. The predicted octanol–water partition coefficient (Wildman–Crippen LogP) is 0.579. The van der Waals surface area contributed by atoms with Crippen LogP contribution in [0.3, 0.4) is 0 Å². The highest BCUT2D eigenvalue weighted by Crippen LogP contribution is 2.01. The van der Waals surface area contributed by atoms with Crippen molar-refractivity contribution in [2.45, 2.75) is 45.1 Å². The van der Waals surface area contributed by atoms with Gasteiger partial charge in [-0.2, -0.15) is 0 Å². The van der Waals surface area contributed by atoms with Crippen molar-refractivity contribution in [2.75, 3.05) is 19.8 Å². The first-order valence-electron chi connectivity index (χ1n) is 6.82. The summed E-state index contributed by atoms with van der Waals surface area (Å²) in [5, 5.41) is 8.94. The molecule has 0 spiro atoms. The molecule has 0 radical (unpaired) electrons. The maximum absolute atomic E-state index is 11.4. The zero-order valence-corrected chi connectivity index (χ0v) is 12.1. The first-order chi connectivity index (χ1) is 9.97. The van der Waals surface area contributed by atoms with Crippen LogP contribution in [0.4, 0.5) is 0 Å². The molecule has 0 saturated heterocycles. The lowest BCUT2D eigenvalue weighted by Crippen LogP contribution is -2.33. The van der Waals surface area contributed by atoms with Gasteiger partial charge in [0.2, 0.25) is 0 Å². The Labute approximate surface area is 122 Å². The van der Waals surface area contributed by atoms with Crippen LogP contribution in [0.5, 0.6) is 0 Å². The number of carbonyl (C=O) groups is 2. The van der Waals surface area contributed by atoms with E-state index >= 15 is 0 Å². The fourth-order valence-corrected chi connectivity index (χ4v) is 1.27. The van der Waals surface area contributed by atoms with Crippen molar-refractivity contribution in [3.63, 3.8) is 0 Å². The van der Waals surface area contributed by atoms with Crippen LogP contribution in [0.25, 0.3) is 0 Å². The van der Waals surface area contributed by atoms with Gasteiger partial charge in [0.15, 0.2) is 0 Å². The summed E-state index contributed by atoms with van der Waals surface area (Å²) in [4.78, 5) is 36.6. The lowest BCUT2D eigenvalue weighted by atomic mass is 10.2. The summed E-state index contributed by atoms with van der Waals surface area (Å²) >= 11 is 0. The molecule has 9 nitrogen and oxygen atoms in total. The Hall–Kier alpha value is -1.90. The van der Waals surface area contributed by atoms with Gasteiger partial charge in [0.25, 0.3) is 5.09 Å². The SMILES string of the molecule is CCCCOC(=O)C(N)CCC(=O)OCCCO[N+](=O)[O-]. The minimum absolute atomic E-state index is 0.0138. The molecule has 0 aromatic carbocycles. The number of nitrogens with zero attached hydrogens (tertiary/aromatic N) is 1. The molecule has 9 heteroatoms. The van der Waals surface area contributed by atoms with Gasteiger partial charge in [-0.1, -0.05) is 13.3 Å². The quantitative estimate of drug-likeness (QED) is 0.240. The van der Waals surface area contributed by atoms with Crippen molar-refractivity contribution in [3.05, 3.63) is 10.1 Å². The van der Waals surface area contributed by atoms with Crippen LogP contribution in [0.1, 0.15) is 39.0 Å².